The molecule has 38 heavy (non-hydrogen) atoms. The van der Waals surface area contributed by atoms with E-state index in [4.69, 9.17) is 9.47 Å². The summed E-state index contributed by atoms with van der Waals surface area (Å²) in [5, 5.41) is 9.78. The van der Waals surface area contributed by atoms with Crippen LogP contribution in [0.5, 0.6) is 11.5 Å². The number of esters is 1. The van der Waals surface area contributed by atoms with Gasteiger partial charge in [-0.3, -0.25) is 0 Å². The van der Waals surface area contributed by atoms with Crippen LogP contribution in [0.3, 0.4) is 0 Å². The molecule has 0 unspecified atom stereocenters. The second-order valence-electron chi connectivity index (χ2n) is 10.9. The molecule has 1 rings (SSSR count). The average Bonchev–Trinajstić information content (AvgIpc) is 2.92. The third-order valence-electron chi connectivity index (χ3n) is 7.36. The number of rotatable bonds is 26. The number of unbranched alkanes of at least 4 members (excludes halogenated alkanes) is 21. The molecule has 0 aliphatic carbocycles. The Hall–Kier alpha value is -1.97. The van der Waals surface area contributed by atoms with Crippen molar-refractivity contribution in [2.45, 2.75) is 148 Å². The summed E-state index contributed by atoms with van der Waals surface area (Å²) in [5.41, 5.74) is 0.726. The average molecular weight is 531 g/mol. The van der Waals surface area contributed by atoms with Crippen molar-refractivity contribution in [2.24, 2.45) is 0 Å². The molecule has 1 aromatic carbocycles. The lowest BCUT2D eigenvalue weighted by Gasteiger charge is -2.05. The van der Waals surface area contributed by atoms with Crippen LogP contribution in [0.25, 0.3) is 6.08 Å². The molecule has 1 N–H and O–H groups in total. The van der Waals surface area contributed by atoms with Crippen LogP contribution in [0.1, 0.15) is 154 Å². The molecule has 0 aliphatic heterocycles. The maximum absolute atomic E-state index is 11.8. The topological polar surface area (TPSA) is 55.8 Å². The van der Waals surface area contributed by atoms with Crippen molar-refractivity contribution in [2.75, 3.05) is 13.7 Å². The zero-order chi connectivity index (χ0) is 27.5. The van der Waals surface area contributed by atoms with E-state index in [9.17, 15) is 9.90 Å². The van der Waals surface area contributed by atoms with E-state index in [1.165, 1.54) is 142 Å². The molecule has 0 aromatic heterocycles. The second-order valence-corrected chi connectivity index (χ2v) is 10.9. The Morgan fingerprint density at radius 2 is 1.11 bits per heavy atom. The van der Waals surface area contributed by atoms with Crippen molar-refractivity contribution < 1.29 is 19.4 Å². The fourth-order valence-electron chi connectivity index (χ4n) is 4.91. The van der Waals surface area contributed by atoms with Crippen molar-refractivity contribution in [3.63, 3.8) is 0 Å². The van der Waals surface area contributed by atoms with Crippen LogP contribution in [-0.4, -0.2) is 24.8 Å². The number of hydrogen-bond acceptors (Lipinski definition) is 4. The highest BCUT2D eigenvalue weighted by Crippen LogP contribution is 2.26. The Balaban J connectivity index is 1.79. The molecule has 0 atom stereocenters. The summed E-state index contributed by atoms with van der Waals surface area (Å²) in [7, 11) is 1.50. The molecular formula is C34H58O4. The van der Waals surface area contributed by atoms with E-state index in [0.29, 0.717) is 12.4 Å². The zero-order valence-electron chi connectivity index (χ0n) is 24.8. The molecule has 4 nitrogen and oxygen atoms in total. The Morgan fingerprint density at radius 1 is 0.684 bits per heavy atom. The normalized spacial score (nSPS) is 11.3. The van der Waals surface area contributed by atoms with Crippen LogP contribution < -0.4 is 4.74 Å². The number of aromatic hydroxyl groups is 1. The van der Waals surface area contributed by atoms with Crippen LogP contribution in [0.2, 0.25) is 0 Å². The molecule has 0 radical (unpaired) electrons. The molecule has 0 heterocycles. The second kappa shape index (κ2) is 25.3. The van der Waals surface area contributed by atoms with Gasteiger partial charge < -0.3 is 14.6 Å². The van der Waals surface area contributed by atoms with Crippen LogP contribution in [0, 0.1) is 0 Å². The van der Waals surface area contributed by atoms with Crippen molar-refractivity contribution in [3.8, 4) is 11.5 Å². The predicted octanol–water partition coefficient (Wildman–Crippen LogP) is 10.6. The Bertz CT molecular complexity index is 712. The number of methoxy groups -OCH3 is 1. The molecule has 0 saturated carbocycles. The molecule has 0 aliphatic rings. The number of phenolic OH excluding ortho intramolecular Hbond substituents is 1. The van der Waals surface area contributed by atoms with E-state index in [-0.39, 0.29) is 11.7 Å². The number of phenols is 1. The van der Waals surface area contributed by atoms with E-state index >= 15 is 0 Å². The van der Waals surface area contributed by atoms with Crippen molar-refractivity contribution in [3.05, 3.63) is 29.8 Å². The lowest BCUT2D eigenvalue weighted by atomic mass is 10.0. The van der Waals surface area contributed by atoms with Gasteiger partial charge in [0.05, 0.1) is 13.7 Å². The van der Waals surface area contributed by atoms with Crippen LogP contribution >= 0.6 is 0 Å². The number of ether oxygens (including phenoxy) is 2. The largest absolute Gasteiger partial charge is 0.504 e. The highest BCUT2D eigenvalue weighted by atomic mass is 16.5. The Morgan fingerprint density at radius 3 is 1.50 bits per heavy atom. The van der Waals surface area contributed by atoms with Gasteiger partial charge >= 0.3 is 5.97 Å². The molecular weight excluding hydrogens is 472 g/mol. The van der Waals surface area contributed by atoms with Gasteiger partial charge in [-0.05, 0) is 30.2 Å². The maximum Gasteiger partial charge on any atom is 0.330 e. The first-order valence-electron chi connectivity index (χ1n) is 15.9. The van der Waals surface area contributed by atoms with Gasteiger partial charge in [0.15, 0.2) is 11.5 Å². The molecule has 218 valence electrons. The van der Waals surface area contributed by atoms with E-state index < -0.39 is 0 Å². The lowest BCUT2D eigenvalue weighted by Crippen LogP contribution is -2.02. The van der Waals surface area contributed by atoms with Gasteiger partial charge in [-0.1, -0.05) is 148 Å². The molecule has 4 heteroatoms. The van der Waals surface area contributed by atoms with Gasteiger partial charge in [0.2, 0.25) is 0 Å². The molecule has 0 spiro atoms. The third kappa shape index (κ3) is 20.1. The summed E-state index contributed by atoms with van der Waals surface area (Å²) >= 11 is 0. The fraction of sp³-hybridized carbons (Fsp3) is 0.735. The Labute approximate surface area is 234 Å². The summed E-state index contributed by atoms with van der Waals surface area (Å²) in [5.74, 6) is 0.122. The van der Waals surface area contributed by atoms with Crippen molar-refractivity contribution in [1.82, 2.24) is 0 Å². The van der Waals surface area contributed by atoms with Gasteiger partial charge in [-0.15, -0.1) is 0 Å². The summed E-state index contributed by atoms with van der Waals surface area (Å²) in [6.07, 6.45) is 33.1. The van der Waals surface area contributed by atoms with Gasteiger partial charge in [-0.25, -0.2) is 4.79 Å². The summed E-state index contributed by atoms with van der Waals surface area (Å²) in [6.45, 7) is 2.76. The molecule has 0 amide bonds. The number of carbonyl (C=O) groups excluding carboxylic acids is 1. The number of carbonyl (C=O) groups is 1. The van der Waals surface area contributed by atoms with Gasteiger partial charge in [0.25, 0.3) is 0 Å². The number of benzene rings is 1. The lowest BCUT2D eigenvalue weighted by molar-refractivity contribution is -0.137. The summed E-state index contributed by atoms with van der Waals surface area (Å²) < 4.78 is 10.3. The quantitative estimate of drug-likeness (QED) is 0.0735. The van der Waals surface area contributed by atoms with Crippen molar-refractivity contribution >= 4 is 12.0 Å². The summed E-state index contributed by atoms with van der Waals surface area (Å²) in [6, 6.07) is 5.01. The predicted molar refractivity (Wildman–Crippen MR) is 162 cm³/mol. The van der Waals surface area contributed by atoms with E-state index in [2.05, 4.69) is 6.92 Å². The van der Waals surface area contributed by atoms with Gasteiger partial charge in [0, 0.05) is 6.08 Å². The standard InChI is InChI=1S/C34H58O4/c1-3-4-5-6-7-8-9-10-11-12-13-14-15-16-17-18-19-20-21-22-23-24-29-38-34(36)28-26-31-25-27-33(37-2)32(35)30-31/h25-28,30,35H,3-24,29H2,1-2H3. The molecule has 0 fully saturated rings. The molecule has 0 bridgehead atoms. The Kier molecular flexibility index (Phi) is 22.7. The molecule has 0 saturated heterocycles. The zero-order valence-corrected chi connectivity index (χ0v) is 24.8. The number of hydrogen-bond donors (Lipinski definition) is 1. The van der Waals surface area contributed by atoms with Crippen molar-refractivity contribution in [1.29, 1.82) is 0 Å². The monoisotopic (exact) mass is 530 g/mol. The van der Waals surface area contributed by atoms with Gasteiger partial charge in [0.1, 0.15) is 0 Å². The minimum atomic E-state index is -0.344. The van der Waals surface area contributed by atoms with E-state index in [1.54, 1.807) is 24.3 Å². The smallest absolute Gasteiger partial charge is 0.330 e. The fourth-order valence-corrected chi connectivity index (χ4v) is 4.91. The molecule has 1 aromatic rings. The SMILES string of the molecule is CCCCCCCCCCCCCCCCCCCCCCCCOC(=O)C=Cc1ccc(OC)c(O)c1. The minimum absolute atomic E-state index is 0.0535. The highest BCUT2D eigenvalue weighted by molar-refractivity contribution is 5.87. The van der Waals surface area contributed by atoms with Crippen LogP contribution in [0.4, 0.5) is 0 Å². The van der Waals surface area contributed by atoms with Crippen LogP contribution in [0.15, 0.2) is 24.3 Å². The van der Waals surface area contributed by atoms with E-state index in [0.717, 1.165) is 18.4 Å². The van der Waals surface area contributed by atoms with E-state index in [1.807, 2.05) is 0 Å². The third-order valence-corrected chi connectivity index (χ3v) is 7.36. The van der Waals surface area contributed by atoms with Crippen LogP contribution in [-0.2, 0) is 9.53 Å². The highest BCUT2D eigenvalue weighted by Gasteiger charge is 2.02. The maximum atomic E-state index is 11.8. The first kappa shape index (κ1) is 34.1. The first-order chi connectivity index (χ1) is 18.7. The van der Waals surface area contributed by atoms with Gasteiger partial charge in [-0.2, -0.15) is 0 Å². The first-order valence-corrected chi connectivity index (χ1v) is 15.9. The minimum Gasteiger partial charge on any atom is -0.504 e. The summed E-state index contributed by atoms with van der Waals surface area (Å²) in [4.78, 5) is 11.8.